The molecule has 16 heavy (non-hydrogen) atoms. The summed E-state index contributed by atoms with van der Waals surface area (Å²) >= 11 is 0. The zero-order chi connectivity index (χ0) is 11.7. The van der Waals surface area contributed by atoms with Crippen LogP contribution in [0.1, 0.15) is 28.7 Å². The minimum Gasteiger partial charge on any atom is -0.379 e. The van der Waals surface area contributed by atoms with Gasteiger partial charge in [0, 0.05) is 25.6 Å². The van der Waals surface area contributed by atoms with Crippen LogP contribution in [-0.2, 0) is 7.05 Å². The zero-order valence-electron chi connectivity index (χ0n) is 9.68. The van der Waals surface area contributed by atoms with Crippen LogP contribution in [0.5, 0.6) is 0 Å². The van der Waals surface area contributed by atoms with E-state index in [2.05, 4.69) is 9.97 Å². The number of hydrogen-bond donors (Lipinski definition) is 1. The monoisotopic (exact) mass is 217 g/mol. The van der Waals surface area contributed by atoms with Crippen LogP contribution in [0.4, 0.5) is 0 Å². The summed E-state index contributed by atoms with van der Waals surface area (Å²) in [4.78, 5) is 8.40. The van der Waals surface area contributed by atoms with Crippen LogP contribution in [0, 0.1) is 13.8 Å². The second-order valence-corrected chi connectivity index (χ2v) is 4.01. The second kappa shape index (κ2) is 4.06. The van der Waals surface area contributed by atoms with E-state index in [0.717, 1.165) is 11.1 Å². The lowest BCUT2D eigenvalue weighted by Crippen LogP contribution is -2.10. The molecule has 2 heterocycles. The average molecular weight is 217 g/mol. The maximum Gasteiger partial charge on any atom is 0.154 e. The predicted octanol–water partition coefficient (Wildman–Crippen LogP) is 1.51. The van der Waals surface area contributed by atoms with Crippen molar-refractivity contribution in [1.29, 1.82) is 0 Å². The average Bonchev–Trinajstić information content (AvgIpc) is 2.63. The number of aromatic nitrogens is 3. The van der Waals surface area contributed by atoms with Crippen LogP contribution < -0.4 is 0 Å². The fourth-order valence-corrected chi connectivity index (χ4v) is 1.78. The van der Waals surface area contributed by atoms with Gasteiger partial charge in [-0.05, 0) is 25.0 Å². The molecule has 1 atom stereocenters. The lowest BCUT2D eigenvalue weighted by molar-refractivity contribution is 0.200. The second-order valence-electron chi connectivity index (χ2n) is 4.01. The van der Waals surface area contributed by atoms with Crippen molar-refractivity contribution in [3.8, 4) is 0 Å². The standard InChI is InChI=1S/C12H15N3O/c1-8-6-9(2)10(14-7-8)11(16)12-13-4-5-15(12)3/h4-7,11,16H,1-3H3. The van der Waals surface area contributed by atoms with Crippen molar-refractivity contribution in [2.75, 3.05) is 0 Å². The third-order valence-corrected chi connectivity index (χ3v) is 2.62. The van der Waals surface area contributed by atoms with E-state index in [1.54, 1.807) is 17.0 Å². The summed E-state index contributed by atoms with van der Waals surface area (Å²) in [6.07, 6.45) is 4.47. The Balaban J connectivity index is 2.41. The highest BCUT2D eigenvalue weighted by Gasteiger charge is 2.18. The summed E-state index contributed by atoms with van der Waals surface area (Å²) in [5.41, 5.74) is 2.74. The van der Waals surface area contributed by atoms with E-state index in [1.807, 2.05) is 33.2 Å². The predicted molar refractivity (Wildman–Crippen MR) is 61.0 cm³/mol. The number of nitrogens with zero attached hydrogens (tertiary/aromatic N) is 3. The van der Waals surface area contributed by atoms with Crippen LogP contribution in [0.25, 0.3) is 0 Å². The van der Waals surface area contributed by atoms with E-state index in [-0.39, 0.29) is 0 Å². The van der Waals surface area contributed by atoms with Crippen LogP contribution in [0.15, 0.2) is 24.7 Å². The third-order valence-electron chi connectivity index (χ3n) is 2.62. The zero-order valence-corrected chi connectivity index (χ0v) is 9.68. The highest BCUT2D eigenvalue weighted by molar-refractivity contribution is 5.27. The summed E-state index contributed by atoms with van der Waals surface area (Å²) in [5.74, 6) is 0.611. The van der Waals surface area contributed by atoms with E-state index in [0.29, 0.717) is 11.5 Å². The lowest BCUT2D eigenvalue weighted by Gasteiger charge is -2.12. The first kappa shape index (κ1) is 10.8. The van der Waals surface area contributed by atoms with Crippen molar-refractivity contribution >= 4 is 0 Å². The quantitative estimate of drug-likeness (QED) is 0.829. The number of aryl methyl sites for hydroxylation is 3. The Hall–Kier alpha value is -1.68. The molecule has 84 valence electrons. The Kier molecular flexibility index (Phi) is 2.75. The van der Waals surface area contributed by atoms with Crippen molar-refractivity contribution in [1.82, 2.24) is 14.5 Å². The molecule has 0 fully saturated rings. The number of imidazole rings is 1. The molecule has 0 aliphatic rings. The fourth-order valence-electron chi connectivity index (χ4n) is 1.78. The fraction of sp³-hybridized carbons (Fsp3) is 0.333. The molecule has 1 unspecified atom stereocenters. The van der Waals surface area contributed by atoms with Gasteiger partial charge in [-0.3, -0.25) is 4.98 Å². The highest BCUT2D eigenvalue weighted by atomic mass is 16.3. The number of aliphatic hydroxyl groups excluding tert-OH is 1. The summed E-state index contributed by atoms with van der Waals surface area (Å²) in [5, 5.41) is 10.2. The molecule has 0 aliphatic heterocycles. The van der Waals surface area contributed by atoms with Crippen LogP contribution in [0.2, 0.25) is 0 Å². The molecule has 4 heteroatoms. The summed E-state index contributed by atoms with van der Waals surface area (Å²) in [7, 11) is 1.86. The van der Waals surface area contributed by atoms with Gasteiger partial charge in [0.15, 0.2) is 6.10 Å². The number of rotatable bonds is 2. The number of pyridine rings is 1. The molecule has 0 bridgehead atoms. The first-order valence-electron chi connectivity index (χ1n) is 5.18. The maximum absolute atomic E-state index is 10.2. The van der Waals surface area contributed by atoms with Gasteiger partial charge in [0.1, 0.15) is 5.82 Å². The number of hydrogen-bond acceptors (Lipinski definition) is 3. The first-order valence-corrected chi connectivity index (χ1v) is 5.18. The minimum atomic E-state index is -0.763. The molecule has 2 aromatic heterocycles. The molecule has 0 radical (unpaired) electrons. The molecule has 4 nitrogen and oxygen atoms in total. The lowest BCUT2D eigenvalue weighted by atomic mass is 10.1. The van der Waals surface area contributed by atoms with Crippen LogP contribution in [0.3, 0.4) is 0 Å². The highest BCUT2D eigenvalue weighted by Crippen LogP contribution is 2.21. The van der Waals surface area contributed by atoms with Crippen LogP contribution in [-0.4, -0.2) is 19.6 Å². The van der Waals surface area contributed by atoms with Gasteiger partial charge in [-0.1, -0.05) is 6.07 Å². The van der Waals surface area contributed by atoms with Gasteiger partial charge < -0.3 is 9.67 Å². The van der Waals surface area contributed by atoms with Gasteiger partial charge in [0.2, 0.25) is 0 Å². The molecular formula is C12H15N3O. The van der Waals surface area contributed by atoms with Crippen LogP contribution >= 0.6 is 0 Å². The van der Waals surface area contributed by atoms with Crippen molar-refractivity contribution in [2.24, 2.45) is 7.05 Å². The topological polar surface area (TPSA) is 50.9 Å². The van der Waals surface area contributed by atoms with Crippen molar-refractivity contribution in [3.05, 3.63) is 47.3 Å². The molecule has 0 aliphatic carbocycles. The molecule has 0 aromatic carbocycles. The molecule has 0 amide bonds. The molecule has 0 saturated heterocycles. The molecule has 0 saturated carbocycles. The summed E-state index contributed by atoms with van der Waals surface area (Å²) in [6.45, 7) is 3.93. The van der Waals surface area contributed by atoms with Gasteiger partial charge in [0.05, 0.1) is 5.69 Å². The van der Waals surface area contributed by atoms with E-state index in [9.17, 15) is 5.11 Å². The minimum absolute atomic E-state index is 0.611. The van der Waals surface area contributed by atoms with E-state index in [1.165, 1.54) is 0 Å². The van der Waals surface area contributed by atoms with Crippen molar-refractivity contribution in [3.63, 3.8) is 0 Å². The molecule has 0 spiro atoms. The SMILES string of the molecule is Cc1cnc(C(O)c2nccn2C)c(C)c1. The molecule has 1 N–H and O–H groups in total. The van der Waals surface area contributed by atoms with E-state index < -0.39 is 6.10 Å². The Labute approximate surface area is 94.6 Å². The summed E-state index contributed by atoms with van der Waals surface area (Å²) in [6, 6.07) is 2.01. The van der Waals surface area contributed by atoms with Crippen molar-refractivity contribution < 1.29 is 5.11 Å². The van der Waals surface area contributed by atoms with E-state index >= 15 is 0 Å². The largest absolute Gasteiger partial charge is 0.379 e. The van der Waals surface area contributed by atoms with Gasteiger partial charge in [0.25, 0.3) is 0 Å². The van der Waals surface area contributed by atoms with Gasteiger partial charge in [-0.25, -0.2) is 4.98 Å². The Bertz CT molecular complexity index is 505. The third kappa shape index (κ3) is 1.84. The normalized spacial score (nSPS) is 12.8. The van der Waals surface area contributed by atoms with Gasteiger partial charge in [-0.2, -0.15) is 0 Å². The Morgan fingerprint density at radius 1 is 1.31 bits per heavy atom. The molecule has 2 aromatic rings. The summed E-state index contributed by atoms with van der Waals surface area (Å²) < 4.78 is 1.80. The smallest absolute Gasteiger partial charge is 0.154 e. The molecule has 2 rings (SSSR count). The van der Waals surface area contributed by atoms with Gasteiger partial charge >= 0.3 is 0 Å². The molecular weight excluding hydrogens is 202 g/mol. The van der Waals surface area contributed by atoms with Crippen molar-refractivity contribution in [2.45, 2.75) is 20.0 Å². The van der Waals surface area contributed by atoms with Gasteiger partial charge in [-0.15, -0.1) is 0 Å². The van der Waals surface area contributed by atoms with E-state index in [4.69, 9.17) is 0 Å². The first-order chi connectivity index (χ1) is 7.59. The number of aliphatic hydroxyl groups is 1. The maximum atomic E-state index is 10.2. The Morgan fingerprint density at radius 2 is 2.06 bits per heavy atom. The Morgan fingerprint density at radius 3 is 2.62 bits per heavy atom.